The van der Waals surface area contributed by atoms with Crippen LogP contribution >= 0.6 is 0 Å². The Balaban J connectivity index is 0. The zero-order chi connectivity index (χ0) is 13.8. The van der Waals surface area contributed by atoms with Gasteiger partial charge in [-0.1, -0.05) is 20.8 Å². The first-order valence-electron chi connectivity index (χ1n) is 5.51. The maximum atomic E-state index is 8.93. The molecule has 108 valence electrons. The van der Waals surface area contributed by atoms with E-state index in [0.29, 0.717) is 23.3 Å². The molecular weight excluding hydrogens is 419 g/mol. The maximum Gasteiger partial charge on any atom is 2.00 e. The van der Waals surface area contributed by atoms with Crippen LogP contribution < -0.4 is 21.7 Å². The Kier molecular flexibility index (Phi) is 8.69. The van der Waals surface area contributed by atoms with Gasteiger partial charge in [-0.15, -0.1) is 0 Å². The van der Waals surface area contributed by atoms with Crippen LogP contribution in [0.1, 0.15) is 27.2 Å². The molecule has 7 heteroatoms. The number of carboxylic acids is 2. The minimum atomic E-state index is -2.19. The molecule has 0 aromatic rings. The van der Waals surface area contributed by atoms with Crippen molar-refractivity contribution >= 4 is 11.9 Å². The number of hydrogen-bond acceptors (Lipinski definition) is 6. The maximum absolute atomic E-state index is 8.93. The number of rotatable bonds is 1. The van der Waals surface area contributed by atoms with Gasteiger partial charge in [-0.25, -0.2) is 0 Å². The first kappa shape index (κ1) is 19.9. The molecule has 1 saturated carbocycles. The van der Waals surface area contributed by atoms with Crippen molar-refractivity contribution < 1.29 is 40.9 Å². The summed E-state index contributed by atoms with van der Waals surface area (Å²) in [5.41, 5.74) is 12.1. The summed E-state index contributed by atoms with van der Waals surface area (Å²) in [5.74, 6) is -3.22. The number of nitrogens with two attached hydrogens (primary N) is 2. The standard InChI is InChI=1S/C9H20N2.C2H2O4.Pt/c1-6-4-9(2,3)7(5-10)8(6)11;3-1(4)2(5)6;/h6-8H,4-5,10-11H2,1-3H3;(H,3,4)(H,5,6);/q;;+2/p-2. The Bertz CT molecular complexity index is 285. The number of aliphatic carboxylic acids is 2. The van der Waals surface area contributed by atoms with Gasteiger partial charge in [0.15, 0.2) is 0 Å². The summed E-state index contributed by atoms with van der Waals surface area (Å²) in [6.45, 7) is 7.50. The third-order valence-corrected chi connectivity index (χ3v) is 3.39. The summed E-state index contributed by atoms with van der Waals surface area (Å²) in [7, 11) is 0. The number of hydrogen-bond donors (Lipinski definition) is 2. The second kappa shape index (κ2) is 7.87. The summed E-state index contributed by atoms with van der Waals surface area (Å²) >= 11 is 0. The van der Waals surface area contributed by atoms with Gasteiger partial charge in [-0.2, -0.15) is 0 Å². The van der Waals surface area contributed by atoms with Crippen LogP contribution in [0.2, 0.25) is 0 Å². The van der Waals surface area contributed by atoms with Crippen LogP contribution in [-0.2, 0) is 30.7 Å². The van der Waals surface area contributed by atoms with E-state index in [1.165, 1.54) is 6.42 Å². The van der Waals surface area contributed by atoms with E-state index < -0.39 is 11.9 Å². The van der Waals surface area contributed by atoms with Crippen molar-refractivity contribution in [1.29, 1.82) is 0 Å². The van der Waals surface area contributed by atoms with E-state index in [9.17, 15) is 0 Å². The molecule has 1 aliphatic carbocycles. The average molecular weight is 439 g/mol. The summed E-state index contributed by atoms with van der Waals surface area (Å²) < 4.78 is 0. The number of carbonyl (C=O) groups excluding carboxylic acids is 2. The zero-order valence-electron chi connectivity index (χ0n) is 10.8. The van der Waals surface area contributed by atoms with E-state index in [2.05, 4.69) is 20.8 Å². The monoisotopic (exact) mass is 439 g/mol. The van der Waals surface area contributed by atoms with Crippen LogP contribution in [0.15, 0.2) is 0 Å². The Morgan fingerprint density at radius 3 is 1.78 bits per heavy atom. The molecule has 0 radical (unpaired) electrons. The molecule has 0 saturated heterocycles. The van der Waals surface area contributed by atoms with E-state index in [1.807, 2.05) is 0 Å². The normalized spacial score (nSPS) is 28.6. The van der Waals surface area contributed by atoms with Crippen LogP contribution in [0.5, 0.6) is 0 Å². The van der Waals surface area contributed by atoms with Crippen molar-refractivity contribution in [1.82, 2.24) is 0 Å². The molecule has 18 heavy (non-hydrogen) atoms. The molecular formula is C11H20N2O4Pt. The Morgan fingerprint density at radius 1 is 1.28 bits per heavy atom. The molecule has 0 spiro atoms. The van der Waals surface area contributed by atoms with Gasteiger partial charge in [0.1, 0.15) is 0 Å². The molecule has 1 aliphatic rings. The smallest absolute Gasteiger partial charge is 0.543 e. The third kappa shape index (κ3) is 5.46. The van der Waals surface area contributed by atoms with E-state index in [0.717, 1.165) is 6.54 Å². The van der Waals surface area contributed by atoms with Gasteiger partial charge in [0.2, 0.25) is 0 Å². The van der Waals surface area contributed by atoms with Gasteiger partial charge in [-0.3, -0.25) is 0 Å². The average Bonchev–Trinajstić information content (AvgIpc) is 2.36. The summed E-state index contributed by atoms with van der Waals surface area (Å²) in [4.78, 5) is 17.9. The van der Waals surface area contributed by atoms with Crippen LogP contribution in [0.4, 0.5) is 0 Å². The number of carbonyl (C=O) groups is 2. The minimum Gasteiger partial charge on any atom is -0.543 e. The summed E-state index contributed by atoms with van der Waals surface area (Å²) in [5, 5.41) is 17.9. The topological polar surface area (TPSA) is 132 Å². The van der Waals surface area contributed by atoms with Gasteiger partial charge < -0.3 is 31.3 Å². The molecule has 0 aromatic carbocycles. The first-order chi connectivity index (χ1) is 7.63. The zero-order valence-corrected chi connectivity index (χ0v) is 13.0. The molecule has 0 bridgehead atoms. The Labute approximate surface area is 121 Å². The quantitative estimate of drug-likeness (QED) is 0.432. The molecule has 0 amide bonds. The van der Waals surface area contributed by atoms with Gasteiger partial charge in [-0.05, 0) is 30.2 Å². The molecule has 3 unspecified atom stereocenters. The largest absolute Gasteiger partial charge is 2.00 e. The second-order valence-electron chi connectivity index (χ2n) is 5.16. The summed E-state index contributed by atoms with van der Waals surface area (Å²) in [6, 6.07) is 0.315. The fourth-order valence-electron chi connectivity index (χ4n) is 2.51. The van der Waals surface area contributed by atoms with E-state index in [1.54, 1.807) is 0 Å². The van der Waals surface area contributed by atoms with E-state index in [-0.39, 0.29) is 21.1 Å². The fraction of sp³-hybridized carbons (Fsp3) is 0.818. The molecule has 6 nitrogen and oxygen atoms in total. The first-order valence-corrected chi connectivity index (χ1v) is 5.51. The third-order valence-electron chi connectivity index (χ3n) is 3.39. The van der Waals surface area contributed by atoms with Crippen molar-refractivity contribution in [2.24, 2.45) is 28.7 Å². The predicted molar refractivity (Wildman–Crippen MR) is 58.1 cm³/mol. The molecule has 0 heterocycles. The van der Waals surface area contributed by atoms with Crippen molar-refractivity contribution in [3.05, 3.63) is 0 Å². The fourth-order valence-corrected chi connectivity index (χ4v) is 2.51. The molecule has 0 aromatic heterocycles. The molecule has 1 fully saturated rings. The van der Waals surface area contributed by atoms with Crippen LogP contribution in [0.3, 0.4) is 0 Å². The van der Waals surface area contributed by atoms with Crippen molar-refractivity contribution in [3.8, 4) is 0 Å². The molecule has 4 N–H and O–H groups in total. The van der Waals surface area contributed by atoms with Gasteiger partial charge >= 0.3 is 21.1 Å². The van der Waals surface area contributed by atoms with Crippen molar-refractivity contribution in [2.45, 2.75) is 33.2 Å². The number of carboxylic acid groups (broad SMARTS) is 2. The molecule has 3 atom stereocenters. The van der Waals surface area contributed by atoms with Gasteiger partial charge in [0.25, 0.3) is 0 Å². The molecule has 1 rings (SSSR count). The Morgan fingerprint density at radius 2 is 1.67 bits per heavy atom. The Hall–Kier alpha value is -0.452. The van der Waals surface area contributed by atoms with Gasteiger partial charge in [0.05, 0.1) is 11.9 Å². The molecule has 0 aliphatic heterocycles. The van der Waals surface area contributed by atoms with Crippen LogP contribution in [-0.4, -0.2) is 24.5 Å². The van der Waals surface area contributed by atoms with Crippen LogP contribution in [0, 0.1) is 17.3 Å². The van der Waals surface area contributed by atoms with Crippen molar-refractivity contribution in [2.75, 3.05) is 6.54 Å². The predicted octanol–water partition coefficient (Wildman–Crippen LogP) is -2.56. The SMILES string of the molecule is CC1CC(C)(C)C(CN)C1N.O=C([O-])C(=O)[O-].[Pt+2]. The van der Waals surface area contributed by atoms with Gasteiger partial charge in [0, 0.05) is 6.04 Å². The minimum absolute atomic E-state index is 0. The summed E-state index contributed by atoms with van der Waals surface area (Å²) in [6.07, 6.45) is 1.22. The van der Waals surface area contributed by atoms with Crippen molar-refractivity contribution in [3.63, 3.8) is 0 Å². The van der Waals surface area contributed by atoms with E-state index in [4.69, 9.17) is 31.3 Å². The van der Waals surface area contributed by atoms with Crippen LogP contribution in [0.25, 0.3) is 0 Å². The van der Waals surface area contributed by atoms with E-state index >= 15 is 0 Å². The second-order valence-corrected chi connectivity index (χ2v) is 5.16.